The van der Waals surface area contributed by atoms with E-state index < -0.39 is 0 Å². The molecule has 26 heavy (non-hydrogen) atoms. The second kappa shape index (κ2) is 8.67. The Balaban J connectivity index is 1.53. The highest BCUT2D eigenvalue weighted by molar-refractivity contribution is 5.94. The lowest BCUT2D eigenvalue weighted by Gasteiger charge is -2.32. The van der Waals surface area contributed by atoms with Gasteiger partial charge in [-0.1, -0.05) is 24.6 Å². The van der Waals surface area contributed by atoms with Gasteiger partial charge < -0.3 is 10.2 Å². The van der Waals surface area contributed by atoms with Gasteiger partial charge in [0, 0.05) is 31.2 Å². The number of hydrogen-bond donors (Lipinski definition) is 1. The fraction of sp³-hybridized carbons (Fsp3) is 0.619. The Morgan fingerprint density at radius 1 is 1.12 bits per heavy atom. The highest BCUT2D eigenvalue weighted by Crippen LogP contribution is 2.20. The Morgan fingerprint density at radius 2 is 1.85 bits per heavy atom. The number of likely N-dealkylation sites (tertiary alicyclic amines) is 2. The molecular weight excluding hydrogens is 326 g/mol. The molecule has 2 saturated heterocycles. The number of nitrogens with zero attached hydrogens (tertiary/aromatic N) is 2. The average molecular weight is 357 g/mol. The first-order valence-corrected chi connectivity index (χ1v) is 9.96. The van der Waals surface area contributed by atoms with Crippen LogP contribution < -0.4 is 5.32 Å². The largest absolute Gasteiger partial charge is 0.354 e. The lowest BCUT2D eigenvalue weighted by atomic mass is 9.96. The predicted octanol–water partition coefficient (Wildman–Crippen LogP) is 2.45. The van der Waals surface area contributed by atoms with Crippen LogP contribution in [0.15, 0.2) is 24.3 Å². The maximum atomic E-state index is 12.7. The second-order valence-electron chi connectivity index (χ2n) is 7.63. The zero-order valence-corrected chi connectivity index (χ0v) is 16.0. The van der Waals surface area contributed by atoms with Gasteiger partial charge in [-0.3, -0.25) is 14.5 Å². The molecule has 2 fully saturated rings. The molecule has 142 valence electrons. The Kier molecular flexibility index (Phi) is 6.30. The van der Waals surface area contributed by atoms with E-state index >= 15 is 0 Å². The predicted molar refractivity (Wildman–Crippen MR) is 103 cm³/mol. The van der Waals surface area contributed by atoms with Gasteiger partial charge in [0.25, 0.3) is 5.91 Å². The van der Waals surface area contributed by atoms with Crippen molar-refractivity contribution in [1.29, 1.82) is 0 Å². The number of piperidine rings is 1. The number of rotatable bonds is 5. The van der Waals surface area contributed by atoms with Gasteiger partial charge in [0.15, 0.2) is 0 Å². The molecule has 2 aliphatic heterocycles. The summed E-state index contributed by atoms with van der Waals surface area (Å²) in [6, 6.07) is 8.14. The molecule has 0 unspecified atom stereocenters. The second-order valence-corrected chi connectivity index (χ2v) is 7.63. The van der Waals surface area contributed by atoms with Gasteiger partial charge in [-0.05, 0) is 57.8 Å². The summed E-state index contributed by atoms with van der Waals surface area (Å²) >= 11 is 0. The van der Waals surface area contributed by atoms with Gasteiger partial charge >= 0.3 is 0 Å². The summed E-state index contributed by atoms with van der Waals surface area (Å²) in [6.07, 6.45) is 4.14. The molecule has 5 heteroatoms. The highest BCUT2D eigenvalue weighted by Gasteiger charge is 2.30. The molecule has 0 bridgehead atoms. The lowest BCUT2D eigenvalue weighted by molar-refractivity contribution is -0.126. The van der Waals surface area contributed by atoms with Crippen molar-refractivity contribution < 1.29 is 9.59 Å². The van der Waals surface area contributed by atoms with Crippen LogP contribution in [0.5, 0.6) is 0 Å². The van der Waals surface area contributed by atoms with Crippen molar-refractivity contribution in [2.75, 3.05) is 32.7 Å². The molecule has 0 spiro atoms. The zero-order chi connectivity index (χ0) is 18.5. The maximum Gasteiger partial charge on any atom is 0.253 e. The fourth-order valence-corrected chi connectivity index (χ4v) is 4.16. The minimum absolute atomic E-state index is 0.0375. The summed E-state index contributed by atoms with van der Waals surface area (Å²) in [7, 11) is 0. The van der Waals surface area contributed by atoms with Crippen molar-refractivity contribution in [2.45, 2.75) is 45.6 Å². The number of aryl methyl sites for hydroxylation is 1. The van der Waals surface area contributed by atoms with Crippen LogP contribution in [0.4, 0.5) is 0 Å². The molecule has 0 radical (unpaired) electrons. The molecule has 1 aromatic carbocycles. The smallest absolute Gasteiger partial charge is 0.253 e. The van der Waals surface area contributed by atoms with Gasteiger partial charge in [-0.25, -0.2) is 0 Å². The Hall–Kier alpha value is -1.88. The average Bonchev–Trinajstić information content (AvgIpc) is 3.14. The summed E-state index contributed by atoms with van der Waals surface area (Å²) in [5.74, 6) is 0.0550. The van der Waals surface area contributed by atoms with Crippen LogP contribution in [0.2, 0.25) is 0 Å². The molecule has 0 saturated carbocycles. The van der Waals surface area contributed by atoms with E-state index in [2.05, 4.69) is 17.1 Å². The molecule has 1 N–H and O–H groups in total. The van der Waals surface area contributed by atoms with Crippen molar-refractivity contribution in [2.24, 2.45) is 5.92 Å². The van der Waals surface area contributed by atoms with E-state index in [9.17, 15) is 9.59 Å². The summed E-state index contributed by atoms with van der Waals surface area (Å²) in [5, 5.41) is 3.15. The lowest BCUT2D eigenvalue weighted by Crippen LogP contribution is -2.47. The van der Waals surface area contributed by atoms with Crippen molar-refractivity contribution in [3.8, 4) is 0 Å². The monoisotopic (exact) mass is 357 g/mol. The van der Waals surface area contributed by atoms with Crippen molar-refractivity contribution in [3.05, 3.63) is 35.4 Å². The topological polar surface area (TPSA) is 52.7 Å². The van der Waals surface area contributed by atoms with E-state index in [1.165, 1.54) is 6.42 Å². The van der Waals surface area contributed by atoms with Crippen LogP contribution in [0.3, 0.4) is 0 Å². The van der Waals surface area contributed by atoms with Crippen LogP contribution >= 0.6 is 0 Å². The van der Waals surface area contributed by atoms with Crippen LogP contribution in [0, 0.1) is 12.8 Å². The molecule has 3 rings (SSSR count). The normalized spacial score (nSPS) is 23.8. The highest BCUT2D eigenvalue weighted by atomic mass is 16.2. The number of carbonyl (C=O) groups is 2. The third-order valence-electron chi connectivity index (χ3n) is 5.80. The van der Waals surface area contributed by atoms with E-state index in [1.54, 1.807) is 0 Å². The number of carbonyl (C=O) groups excluding carboxylic acids is 2. The van der Waals surface area contributed by atoms with Crippen molar-refractivity contribution in [3.63, 3.8) is 0 Å². The Bertz CT molecular complexity index is 629. The molecule has 0 aliphatic carbocycles. The molecule has 2 amide bonds. The molecular formula is C21H31N3O2. The van der Waals surface area contributed by atoms with Gasteiger partial charge in [0.05, 0.1) is 5.92 Å². The van der Waals surface area contributed by atoms with Crippen molar-refractivity contribution >= 4 is 11.8 Å². The third kappa shape index (κ3) is 4.44. The van der Waals surface area contributed by atoms with E-state index in [1.807, 2.05) is 36.1 Å². The first-order chi connectivity index (χ1) is 12.6. The molecule has 5 nitrogen and oxygen atoms in total. The first-order valence-electron chi connectivity index (χ1n) is 9.96. The number of amides is 2. The number of nitrogens with one attached hydrogen (secondary N) is 1. The van der Waals surface area contributed by atoms with Crippen LogP contribution in [-0.2, 0) is 4.79 Å². The van der Waals surface area contributed by atoms with Gasteiger partial charge in [0.1, 0.15) is 0 Å². The number of benzene rings is 1. The van der Waals surface area contributed by atoms with Crippen LogP contribution in [0.1, 0.15) is 48.5 Å². The van der Waals surface area contributed by atoms with E-state index in [0.717, 1.165) is 51.0 Å². The molecule has 2 atom stereocenters. The van der Waals surface area contributed by atoms with Crippen LogP contribution in [-0.4, -0.2) is 60.4 Å². The van der Waals surface area contributed by atoms with E-state index in [0.29, 0.717) is 18.2 Å². The summed E-state index contributed by atoms with van der Waals surface area (Å²) in [4.78, 5) is 29.6. The minimum Gasteiger partial charge on any atom is -0.354 e. The van der Waals surface area contributed by atoms with Gasteiger partial charge in [-0.2, -0.15) is 0 Å². The third-order valence-corrected chi connectivity index (χ3v) is 5.80. The molecule has 2 heterocycles. The Labute approximate surface area is 156 Å². The summed E-state index contributed by atoms with van der Waals surface area (Å²) in [5.41, 5.74) is 1.85. The summed E-state index contributed by atoms with van der Waals surface area (Å²) < 4.78 is 0. The maximum absolute atomic E-state index is 12.7. The van der Waals surface area contributed by atoms with Crippen molar-refractivity contribution in [1.82, 2.24) is 15.1 Å². The molecule has 2 aliphatic rings. The quantitative estimate of drug-likeness (QED) is 0.881. The number of hydrogen-bond acceptors (Lipinski definition) is 3. The van der Waals surface area contributed by atoms with Gasteiger partial charge in [-0.15, -0.1) is 0 Å². The van der Waals surface area contributed by atoms with E-state index in [4.69, 9.17) is 0 Å². The standard InChI is InChI=1S/C21H31N3O2/c1-3-23-12-5-7-19(23)14-22-20(25)18-6-4-13-24(15-18)21(26)17-10-8-16(2)9-11-17/h8-11,18-19H,3-7,12-15H2,1-2H3,(H,22,25)/t18-,19-/m1/s1. The van der Waals surface area contributed by atoms with E-state index in [-0.39, 0.29) is 17.7 Å². The first kappa shape index (κ1) is 18.9. The van der Waals surface area contributed by atoms with Gasteiger partial charge in [0.2, 0.25) is 5.91 Å². The fourth-order valence-electron chi connectivity index (χ4n) is 4.16. The zero-order valence-electron chi connectivity index (χ0n) is 16.0. The number of likely N-dealkylation sites (N-methyl/N-ethyl adjacent to an activating group) is 1. The Morgan fingerprint density at radius 3 is 2.58 bits per heavy atom. The molecule has 1 aromatic rings. The minimum atomic E-state index is -0.0883. The summed E-state index contributed by atoms with van der Waals surface area (Å²) in [6.45, 7) is 8.37. The SMILES string of the molecule is CCN1CCC[C@@H]1CNC(=O)[C@@H]1CCCN(C(=O)c2ccc(C)cc2)C1. The van der Waals surface area contributed by atoms with Crippen LogP contribution in [0.25, 0.3) is 0 Å². The molecule has 0 aromatic heterocycles.